The highest BCUT2D eigenvalue weighted by atomic mass is 32.2. The van der Waals surface area contributed by atoms with E-state index in [2.05, 4.69) is 13.8 Å². The highest BCUT2D eigenvalue weighted by Gasteiger charge is 2.20. The first-order valence-corrected chi connectivity index (χ1v) is 8.07. The number of hydrogen-bond acceptors (Lipinski definition) is 4. The van der Waals surface area contributed by atoms with Gasteiger partial charge in [0.15, 0.2) is 0 Å². The summed E-state index contributed by atoms with van der Waals surface area (Å²) in [5, 5.41) is 10.4. The molecule has 5 nitrogen and oxygen atoms in total. The molecule has 1 unspecified atom stereocenters. The van der Waals surface area contributed by atoms with E-state index >= 15 is 0 Å². The van der Waals surface area contributed by atoms with Crippen LogP contribution in [0.2, 0.25) is 0 Å². The molecule has 1 amide bonds. The van der Waals surface area contributed by atoms with Gasteiger partial charge in [-0.3, -0.25) is 14.9 Å². The molecule has 0 aromatic heterocycles. The summed E-state index contributed by atoms with van der Waals surface area (Å²) in [4.78, 5) is 25.4. The molecule has 0 bridgehead atoms. The fourth-order valence-corrected chi connectivity index (χ4v) is 2.98. The van der Waals surface area contributed by atoms with Crippen LogP contribution < -0.4 is 0 Å². The first-order chi connectivity index (χ1) is 9.99. The zero-order chi connectivity index (χ0) is 15.8. The molecular formula is C15H22N2O3S. The number of amides is 1. The van der Waals surface area contributed by atoms with E-state index in [0.29, 0.717) is 0 Å². The Morgan fingerprint density at radius 2 is 1.76 bits per heavy atom. The molecule has 0 heterocycles. The summed E-state index contributed by atoms with van der Waals surface area (Å²) in [6, 6.07) is 6.32. The second-order valence-electron chi connectivity index (χ2n) is 4.84. The highest BCUT2D eigenvalue weighted by Crippen LogP contribution is 2.26. The zero-order valence-electron chi connectivity index (χ0n) is 12.7. The third kappa shape index (κ3) is 5.38. The van der Waals surface area contributed by atoms with Crippen molar-refractivity contribution >= 4 is 23.4 Å². The molecule has 1 aromatic carbocycles. The van der Waals surface area contributed by atoms with Crippen molar-refractivity contribution in [2.24, 2.45) is 0 Å². The van der Waals surface area contributed by atoms with Gasteiger partial charge in [0.05, 0.1) is 10.2 Å². The van der Waals surface area contributed by atoms with Gasteiger partial charge in [-0.25, -0.2) is 0 Å². The number of non-ortho nitro benzene ring substituents is 1. The number of nitrogens with zero attached hydrogens (tertiary/aromatic N) is 2. The maximum Gasteiger partial charge on any atom is 0.269 e. The number of rotatable bonds is 8. The third-order valence-electron chi connectivity index (χ3n) is 3.01. The van der Waals surface area contributed by atoms with E-state index in [-0.39, 0.29) is 16.8 Å². The van der Waals surface area contributed by atoms with Crippen molar-refractivity contribution in [1.29, 1.82) is 0 Å². The van der Waals surface area contributed by atoms with Gasteiger partial charge in [-0.05, 0) is 31.9 Å². The Morgan fingerprint density at radius 1 is 1.24 bits per heavy atom. The number of carbonyl (C=O) groups excluding carboxylic acids is 1. The smallest absolute Gasteiger partial charge is 0.269 e. The number of benzene rings is 1. The van der Waals surface area contributed by atoms with E-state index in [1.54, 1.807) is 12.1 Å². The van der Waals surface area contributed by atoms with Crippen LogP contribution in [0, 0.1) is 10.1 Å². The van der Waals surface area contributed by atoms with Crippen molar-refractivity contribution in [2.45, 2.75) is 43.8 Å². The molecule has 6 heteroatoms. The van der Waals surface area contributed by atoms with Crippen molar-refractivity contribution in [3.8, 4) is 0 Å². The van der Waals surface area contributed by atoms with Crippen LogP contribution in [0.1, 0.15) is 33.6 Å². The summed E-state index contributed by atoms with van der Waals surface area (Å²) in [7, 11) is 0. The first-order valence-electron chi connectivity index (χ1n) is 7.19. The molecule has 0 radical (unpaired) electrons. The molecule has 0 aliphatic rings. The topological polar surface area (TPSA) is 63.5 Å². The van der Waals surface area contributed by atoms with E-state index in [1.807, 2.05) is 11.8 Å². The van der Waals surface area contributed by atoms with Crippen molar-refractivity contribution in [2.75, 3.05) is 13.1 Å². The SMILES string of the molecule is CCCN(CCC)C(=O)C(C)Sc1ccc([N+](=O)[O-])cc1. The minimum Gasteiger partial charge on any atom is -0.342 e. The van der Waals surface area contributed by atoms with Gasteiger partial charge in [0.1, 0.15) is 0 Å². The Morgan fingerprint density at radius 3 is 2.19 bits per heavy atom. The molecule has 0 N–H and O–H groups in total. The van der Waals surface area contributed by atoms with E-state index < -0.39 is 4.92 Å². The van der Waals surface area contributed by atoms with Crippen LogP contribution >= 0.6 is 11.8 Å². The number of hydrogen-bond donors (Lipinski definition) is 0. The van der Waals surface area contributed by atoms with Crippen molar-refractivity contribution < 1.29 is 9.72 Å². The molecule has 21 heavy (non-hydrogen) atoms. The number of carbonyl (C=O) groups is 1. The van der Waals surface area contributed by atoms with Crippen LogP contribution in [0.15, 0.2) is 29.2 Å². The van der Waals surface area contributed by atoms with Gasteiger partial charge in [-0.15, -0.1) is 11.8 Å². The van der Waals surface area contributed by atoms with Gasteiger partial charge in [0.25, 0.3) is 5.69 Å². The normalized spacial score (nSPS) is 12.0. The Bertz CT molecular complexity index is 470. The summed E-state index contributed by atoms with van der Waals surface area (Å²) in [5.74, 6) is 0.127. The summed E-state index contributed by atoms with van der Waals surface area (Å²) in [6.45, 7) is 7.55. The fraction of sp³-hybridized carbons (Fsp3) is 0.533. The van der Waals surface area contributed by atoms with Gasteiger partial charge >= 0.3 is 0 Å². The summed E-state index contributed by atoms with van der Waals surface area (Å²) in [6.07, 6.45) is 1.89. The van der Waals surface area contributed by atoms with E-state index in [0.717, 1.165) is 30.8 Å². The van der Waals surface area contributed by atoms with Crippen molar-refractivity contribution in [3.05, 3.63) is 34.4 Å². The van der Waals surface area contributed by atoms with Gasteiger partial charge in [-0.1, -0.05) is 13.8 Å². The van der Waals surface area contributed by atoms with Crippen LogP contribution in [0.5, 0.6) is 0 Å². The Labute approximate surface area is 129 Å². The lowest BCUT2D eigenvalue weighted by molar-refractivity contribution is -0.384. The number of nitro benzene ring substituents is 1. The molecule has 0 fully saturated rings. The molecular weight excluding hydrogens is 288 g/mol. The lowest BCUT2D eigenvalue weighted by atomic mass is 10.3. The molecule has 0 aliphatic heterocycles. The minimum atomic E-state index is -0.423. The van der Waals surface area contributed by atoms with E-state index in [1.165, 1.54) is 23.9 Å². The first kappa shape index (κ1) is 17.5. The van der Waals surface area contributed by atoms with Crippen LogP contribution in [-0.4, -0.2) is 34.1 Å². The van der Waals surface area contributed by atoms with E-state index in [4.69, 9.17) is 0 Å². The minimum absolute atomic E-state index is 0.0666. The Balaban J connectivity index is 2.67. The lowest BCUT2D eigenvalue weighted by Crippen LogP contribution is -2.37. The summed E-state index contributed by atoms with van der Waals surface area (Å²) in [5.41, 5.74) is 0.0666. The zero-order valence-corrected chi connectivity index (χ0v) is 13.6. The van der Waals surface area contributed by atoms with Gasteiger partial charge in [0, 0.05) is 30.1 Å². The highest BCUT2D eigenvalue weighted by molar-refractivity contribution is 8.00. The molecule has 0 aliphatic carbocycles. The molecule has 0 spiro atoms. The average Bonchev–Trinajstić information content (AvgIpc) is 2.46. The van der Waals surface area contributed by atoms with E-state index in [9.17, 15) is 14.9 Å². The molecule has 0 saturated carbocycles. The molecule has 1 rings (SSSR count). The predicted molar refractivity (Wildman–Crippen MR) is 85.6 cm³/mol. The molecule has 1 aromatic rings. The van der Waals surface area contributed by atoms with Crippen LogP contribution in [0.25, 0.3) is 0 Å². The molecule has 0 saturated heterocycles. The third-order valence-corrected chi connectivity index (χ3v) is 4.11. The van der Waals surface area contributed by atoms with Gasteiger partial charge in [0.2, 0.25) is 5.91 Å². The van der Waals surface area contributed by atoms with Crippen molar-refractivity contribution in [1.82, 2.24) is 4.90 Å². The number of thioether (sulfide) groups is 1. The fourth-order valence-electron chi connectivity index (χ4n) is 2.03. The molecule has 116 valence electrons. The standard InChI is InChI=1S/C15H22N2O3S/c1-4-10-16(11-5-2)15(18)12(3)21-14-8-6-13(7-9-14)17(19)20/h6-9,12H,4-5,10-11H2,1-3H3. The maximum atomic E-state index is 12.4. The Hall–Kier alpha value is -1.56. The van der Waals surface area contributed by atoms with Crippen LogP contribution in [-0.2, 0) is 4.79 Å². The van der Waals surface area contributed by atoms with Gasteiger partial charge in [-0.2, -0.15) is 0 Å². The summed E-state index contributed by atoms with van der Waals surface area (Å²) < 4.78 is 0. The maximum absolute atomic E-state index is 12.4. The average molecular weight is 310 g/mol. The number of nitro groups is 1. The largest absolute Gasteiger partial charge is 0.342 e. The second kappa shape index (κ2) is 8.67. The van der Waals surface area contributed by atoms with Crippen LogP contribution in [0.4, 0.5) is 5.69 Å². The monoisotopic (exact) mass is 310 g/mol. The van der Waals surface area contributed by atoms with Gasteiger partial charge < -0.3 is 4.90 Å². The quantitative estimate of drug-likeness (QED) is 0.417. The predicted octanol–water partition coefficient (Wildman–Crippen LogP) is 3.72. The summed E-state index contributed by atoms with van der Waals surface area (Å²) >= 11 is 1.44. The van der Waals surface area contributed by atoms with Crippen LogP contribution in [0.3, 0.4) is 0 Å². The molecule has 1 atom stereocenters. The second-order valence-corrected chi connectivity index (χ2v) is 6.25. The lowest BCUT2D eigenvalue weighted by Gasteiger charge is -2.24. The Kier molecular flexibility index (Phi) is 7.22. The van der Waals surface area contributed by atoms with Crippen molar-refractivity contribution in [3.63, 3.8) is 0 Å².